The Morgan fingerprint density at radius 1 is 1.30 bits per heavy atom. The molecule has 0 bridgehead atoms. The summed E-state index contributed by atoms with van der Waals surface area (Å²) in [5.74, 6) is 0. The van der Waals surface area contributed by atoms with Crippen molar-refractivity contribution in [3.8, 4) is 0 Å². The second kappa shape index (κ2) is 8.36. The third-order valence-corrected chi connectivity index (χ3v) is 4.22. The first kappa shape index (κ1) is 17.1. The van der Waals surface area contributed by atoms with Crippen LogP contribution in [0.1, 0.15) is 26.3 Å². The molecule has 0 aliphatic carbocycles. The summed E-state index contributed by atoms with van der Waals surface area (Å²) in [7, 11) is -3.48. The molecular formula is C14H24N2O3S. The molecule has 0 spiro atoms. The van der Waals surface area contributed by atoms with Crippen molar-refractivity contribution in [2.24, 2.45) is 0 Å². The van der Waals surface area contributed by atoms with Gasteiger partial charge < -0.3 is 10.1 Å². The number of hydrogen-bond donors (Lipinski definition) is 2. The van der Waals surface area contributed by atoms with E-state index < -0.39 is 10.0 Å². The summed E-state index contributed by atoms with van der Waals surface area (Å²) >= 11 is 0. The molecule has 0 amide bonds. The molecule has 0 fully saturated rings. The van der Waals surface area contributed by atoms with Gasteiger partial charge in [-0.15, -0.1) is 0 Å². The van der Waals surface area contributed by atoms with Gasteiger partial charge in [-0.3, -0.25) is 0 Å². The Morgan fingerprint density at radius 2 is 2.05 bits per heavy atom. The van der Waals surface area contributed by atoms with E-state index in [9.17, 15) is 8.42 Å². The molecule has 0 aliphatic heterocycles. The largest absolute Gasteiger partial charge is 0.377 e. The van der Waals surface area contributed by atoms with E-state index in [-0.39, 0.29) is 17.5 Å². The highest BCUT2D eigenvalue weighted by Gasteiger charge is 2.15. The molecule has 5 nitrogen and oxygen atoms in total. The fourth-order valence-corrected chi connectivity index (χ4v) is 2.93. The smallest absolute Gasteiger partial charge is 0.240 e. The van der Waals surface area contributed by atoms with E-state index in [1.54, 1.807) is 18.2 Å². The Kier molecular flexibility index (Phi) is 7.15. The van der Waals surface area contributed by atoms with Crippen molar-refractivity contribution in [2.45, 2.75) is 38.3 Å². The molecule has 114 valence electrons. The average Bonchev–Trinajstić information content (AvgIpc) is 2.44. The fourth-order valence-electron chi connectivity index (χ4n) is 1.75. The summed E-state index contributed by atoms with van der Waals surface area (Å²) < 4.78 is 32.2. The molecule has 0 radical (unpaired) electrons. The van der Waals surface area contributed by atoms with Crippen molar-refractivity contribution in [3.05, 3.63) is 29.8 Å². The van der Waals surface area contributed by atoms with Crippen LogP contribution in [0, 0.1) is 0 Å². The van der Waals surface area contributed by atoms with E-state index in [0.29, 0.717) is 13.2 Å². The first-order chi connectivity index (χ1) is 9.49. The zero-order valence-electron chi connectivity index (χ0n) is 12.3. The van der Waals surface area contributed by atoms with E-state index in [2.05, 4.69) is 10.0 Å². The Hall–Kier alpha value is -0.950. The molecule has 2 N–H and O–H groups in total. The van der Waals surface area contributed by atoms with Crippen LogP contribution >= 0.6 is 0 Å². The van der Waals surface area contributed by atoms with Crippen molar-refractivity contribution < 1.29 is 13.2 Å². The van der Waals surface area contributed by atoms with Crippen LogP contribution in [-0.4, -0.2) is 34.2 Å². The van der Waals surface area contributed by atoms with Gasteiger partial charge in [-0.1, -0.05) is 19.1 Å². The van der Waals surface area contributed by atoms with Gasteiger partial charge in [0, 0.05) is 19.7 Å². The van der Waals surface area contributed by atoms with Crippen molar-refractivity contribution in [2.75, 3.05) is 19.7 Å². The van der Waals surface area contributed by atoms with Crippen LogP contribution in [-0.2, 0) is 21.3 Å². The minimum Gasteiger partial charge on any atom is -0.377 e. The van der Waals surface area contributed by atoms with Crippen LogP contribution in [0.3, 0.4) is 0 Å². The van der Waals surface area contributed by atoms with Crippen molar-refractivity contribution in [3.63, 3.8) is 0 Å². The number of ether oxygens (including phenoxy) is 1. The number of rotatable bonds is 9. The second-order valence-electron chi connectivity index (χ2n) is 4.55. The molecule has 0 heterocycles. The van der Waals surface area contributed by atoms with Gasteiger partial charge in [0.2, 0.25) is 10.0 Å². The standard InChI is InChI=1S/C14H24N2O3S/c1-4-15-11-13-7-6-8-14(9-13)20(17,18)16-10-12(3)19-5-2/h6-9,12,15-16H,4-5,10-11H2,1-3H3. The van der Waals surface area contributed by atoms with Gasteiger partial charge in [-0.25, -0.2) is 13.1 Å². The van der Waals surface area contributed by atoms with Gasteiger partial charge in [-0.05, 0) is 38.1 Å². The topological polar surface area (TPSA) is 67.4 Å². The Morgan fingerprint density at radius 3 is 2.70 bits per heavy atom. The number of benzene rings is 1. The summed E-state index contributed by atoms with van der Waals surface area (Å²) in [6.07, 6.45) is -0.139. The highest BCUT2D eigenvalue weighted by molar-refractivity contribution is 7.89. The van der Waals surface area contributed by atoms with Crippen LogP contribution in [0.25, 0.3) is 0 Å². The predicted octanol–water partition coefficient (Wildman–Crippen LogP) is 1.50. The summed E-state index contributed by atoms with van der Waals surface area (Å²) in [4.78, 5) is 0.289. The molecule has 1 rings (SSSR count). The molecule has 0 aliphatic rings. The molecule has 0 aromatic heterocycles. The van der Waals surface area contributed by atoms with Crippen molar-refractivity contribution in [1.82, 2.24) is 10.0 Å². The zero-order chi connectivity index (χ0) is 15.0. The minimum absolute atomic E-state index is 0.139. The maximum atomic E-state index is 12.2. The molecule has 0 saturated carbocycles. The monoisotopic (exact) mass is 300 g/mol. The first-order valence-electron chi connectivity index (χ1n) is 6.90. The van der Waals surface area contributed by atoms with E-state index in [1.807, 2.05) is 26.8 Å². The highest BCUT2D eigenvalue weighted by atomic mass is 32.2. The lowest BCUT2D eigenvalue weighted by Crippen LogP contribution is -2.32. The van der Waals surface area contributed by atoms with Gasteiger partial charge in [0.15, 0.2) is 0 Å². The van der Waals surface area contributed by atoms with Gasteiger partial charge >= 0.3 is 0 Å². The van der Waals surface area contributed by atoms with Gasteiger partial charge in [-0.2, -0.15) is 0 Å². The number of hydrogen-bond acceptors (Lipinski definition) is 4. The van der Waals surface area contributed by atoms with Crippen LogP contribution in [0.15, 0.2) is 29.2 Å². The third kappa shape index (κ3) is 5.58. The normalized spacial score (nSPS) is 13.3. The van der Waals surface area contributed by atoms with E-state index in [4.69, 9.17) is 4.74 Å². The zero-order valence-corrected chi connectivity index (χ0v) is 13.2. The first-order valence-corrected chi connectivity index (χ1v) is 8.38. The maximum Gasteiger partial charge on any atom is 0.240 e. The lowest BCUT2D eigenvalue weighted by atomic mass is 10.2. The van der Waals surface area contributed by atoms with Gasteiger partial charge in [0.1, 0.15) is 0 Å². The molecule has 1 aromatic carbocycles. The van der Waals surface area contributed by atoms with Crippen LogP contribution in [0.5, 0.6) is 0 Å². The second-order valence-corrected chi connectivity index (χ2v) is 6.31. The van der Waals surface area contributed by atoms with Crippen LogP contribution in [0.4, 0.5) is 0 Å². The maximum absolute atomic E-state index is 12.2. The molecular weight excluding hydrogens is 276 g/mol. The molecule has 20 heavy (non-hydrogen) atoms. The quantitative estimate of drug-likeness (QED) is 0.725. The lowest BCUT2D eigenvalue weighted by molar-refractivity contribution is 0.0799. The Labute approximate surface area is 121 Å². The van der Waals surface area contributed by atoms with Crippen LogP contribution < -0.4 is 10.0 Å². The molecule has 1 atom stereocenters. The molecule has 1 aromatic rings. The summed E-state index contributed by atoms with van der Waals surface area (Å²) in [5.41, 5.74) is 0.951. The molecule has 6 heteroatoms. The molecule has 0 saturated heterocycles. The molecule has 1 unspecified atom stereocenters. The predicted molar refractivity (Wildman–Crippen MR) is 80.1 cm³/mol. The Balaban J connectivity index is 2.71. The third-order valence-electron chi connectivity index (χ3n) is 2.80. The van der Waals surface area contributed by atoms with Gasteiger partial charge in [0.05, 0.1) is 11.0 Å². The fraction of sp³-hybridized carbons (Fsp3) is 0.571. The van der Waals surface area contributed by atoms with Gasteiger partial charge in [0.25, 0.3) is 0 Å². The van der Waals surface area contributed by atoms with E-state index in [1.165, 1.54) is 0 Å². The number of nitrogens with one attached hydrogen (secondary N) is 2. The Bertz CT molecular complexity index is 503. The van der Waals surface area contributed by atoms with E-state index >= 15 is 0 Å². The minimum atomic E-state index is -3.48. The van der Waals surface area contributed by atoms with Crippen molar-refractivity contribution >= 4 is 10.0 Å². The SMILES string of the molecule is CCNCc1cccc(S(=O)(=O)NCC(C)OCC)c1. The highest BCUT2D eigenvalue weighted by Crippen LogP contribution is 2.11. The van der Waals surface area contributed by atoms with Crippen molar-refractivity contribution in [1.29, 1.82) is 0 Å². The summed E-state index contributed by atoms with van der Waals surface area (Å²) in [5, 5.41) is 3.17. The summed E-state index contributed by atoms with van der Waals surface area (Å²) in [6.45, 7) is 8.09. The number of sulfonamides is 1. The van der Waals surface area contributed by atoms with Crippen LogP contribution in [0.2, 0.25) is 0 Å². The lowest BCUT2D eigenvalue weighted by Gasteiger charge is -2.13. The average molecular weight is 300 g/mol. The van der Waals surface area contributed by atoms with E-state index in [0.717, 1.165) is 12.1 Å². The summed E-state index contributed by atoms with van der Waals surface area (Å²) in [6, 6.07) is 6.96.